The number of aliphatic carboxylic acids is 1. The first-order valence-electron chi connectivity index (χ1n) is 6.56. The molecule has 0 radical (unpaired) electrons. The van der Waals surface area contributed by atoms with Crippen LogP contribution in [0.3, 0.4) is 0 Å². The molecule has 1 aliphatic rings. The normalized spacial score (nSPS) is 21.5. The van der Waals surface area contributed by atoms with Crippen LogP contribution in [0.15, 0.2) is 11.7 Å². The van der Waals surface area contributed by atoms with E-state index in [-0.39, 0.29) is 6.03 Å². The van der Waals surface area contributed by atoms with Crippen molar-refractivity contribution in [3.05, 3.63) is 16.6 Å². The molecule has 6 nitrogen and oxygen atoms in total. The molecule has 2 N–H and O–H groups in total. The van der Waals surface area contributed by atoms with Crippen LogP contribution < -0.4 is 5.32 Å². The number of carboxylic acids is 1. The predicted octanol–water partition coefficient (Wildman–Crippen LogP) is 1.93. The van der Waals surface area contributed by atoms with Crippen LogP contribution in [0.5, 0.6) is 0 Å². The Morgan fingerprint density at radius 3 is 2.95 bits per heavy atom. The van der Waals surface area contributed by atoms with E-state index in [2.05, 4.69) is 10.3 Å². The molecule has 1 aromatic rings. The van der Waals surface area contributed by atoms with Crippen molar-refractivity contribution in [2.75, 3.05) is 6.54 Å². The average Bonchev–Trinajstić information content (AvgIpc) is 2.86. The van der Waals surface area contributed by atoms with E-state index in [0.29, 0.717) is 13.1 Å². The molecule has 1 aromatic heterocycles. The Labute approximate surface area is 121 Å². The van der Waals surface area contributed by atoms with Crippen molar-refractivity contribution in [2.45, 2.75) is 39.3 Å². The molecule has 7 heteroatoms. The fourth-order valence-corrected chi connectivity index (χ4v) is 3.21. The van der Waals surface area contributed by atoms with Crippen molar-refractivity contribution in [1.29, 1.82) is 0 Å². The van der Waals surface area contributed by atoms with Crippen LogP contribution >= 0.6 is 11.3 Å². The molecule has 1 aliphatic heterocycles. The maximum atomic E-state index is 12.2. The molecule has 2 rings (SSSR count). The standard InChI is InChI=1S/C13H19N3O3S/c1-13(2)4-3-5-16(10(13)11(17)18)12(19)15-7-9-6-14-8-20-9/h6,8,10H,3-5,7H2,1-2H3,(H,15,19)(H,17,18). The first-order valence-corrected chi connectivity index (χ1v) is 7.44. The highest BCUT2D eigenvalue weighted by Crippen LogP contribution is 2.35. The van der Waals surface area contributed by atoms with Crippen molar-refractivity contribution in [1.82, 2.24) is 15.2 Å². The van der Waals surface area contributed by atoms with E-state index in [1.807, 2.05) is 13.8 Å². The van der Waals surface area contributed by atoms with Gasteiger partial charge < -0.3 is 15.3 Å². The number of likely N-dealkylation sites (tertiary alicyclic amines) is 1. The molecule has 0 spiro atoms. The maximum absolute atomic E-state index is 12.2. The first kappa shape index (κ1) is 14.8. The maximum Gasteiger partial charge on any atom is 0.327 e. The van der Waals surface area contributed by atoms with Gasteiger partial charge in [0.1, 0.15) is 6.04 Å². The van der Waals surface area contributed by atoms with Crippen molar-refractivity contribution < 1.29 is 14.7 Å². The van der Waals surface area contributed by atoms with Gasteiger partial charge in [-0.25, -0.2) is 9.59 Å². The van der Waals surface area contributed by atoms with E-state index in [1.165, 1.54) is 16.2 Å². The number of carboxylic acid groups (broad SMARTS) is 1. The summed E-state index contributed by atoms with van der Waals surface area (Å²) in [6, 6.07) is -1.10. The van der Waals surface area contributed by atoms with E-state index in [1.54, 1.807) is 11.7 Å². The zero-order chi connectivity index (χ0) is 14.8. The van der Waals surface area contributed by atoms with E-state index >= 15 is 0 Å². The lowest BCUT2D eigenvalue weighted by molar-refractivity contribution is -0.148. The van der Waals surface area contributed by atoms with Gasteiger partial charge in [0.05, 0.1) is 12.1 Å². The molecule has 1 saturated heterocycles. The Bertz CT molecular complexity index is 487. The topological polar surface area (TPSA) is 82.5 Å². The lowest BCUT2D eigenvalue weighted by Gasteiger charge is -2.43. The van der Waals surface area contributed by atoms with Crippen LogP contribution in [-0.2, 0) is 11.3 Å². The molecule has 110 valence electrons. The summed E-state index contributed by atoms with van der Waals surface area (Å²) in [6.07, 6.45) is 3.33. The molecule has 1 atom stereocenters. The van der Waals surface area contributed by atoms with E-state index in [0.717, 1.165) is 17.7 Å². The lowest BCUT2D eigenvalue weighted by atomic mass is 9.76. The SMILES string of the molecule is CC1(C)CCCN(C(=O)NCc2cncs2)C1C(=O)O. The summed E-state index contributed by atoms with van der Waals surface area (Å²) < 4.78 is 0. The summed E-state index contributed by atoms with van der Waals surface area (Å²) in [5, 5.41) is 12.2. The number of rotatable bonds is 3. The number of piperidine rings is 1. The molecular formula is C13H19N3O3S. The molecule has 0 aliphatic carbocycles. The monoisotopic (exact) mass is 297 g/mol. The van der Waals surface area contributed by atoms with Gasteiger partial charge in [0.2, 0.25) is 0 Å². The Kier molecular flexibility index (Phi) is 4.27. The van der Waals surface area contributed by atoms with Gasteiger partial charge in [-0.05, 0) is 18.3 Å². The average molecular weight is 297 g/mol. The fourth-order valence-electron chi connectivity index (χ4n) is 2.67. The fraction of sp³-hybridized carbons (Fsp3) is 0.615. The Balaban J connectivity index is 2.04. The number of hydrogen-bond donors (Lipinski definition) is 2. The van der Waals surface area contributed by atoms with Crippen LogP contribution in [0.4, 0.5) is 4.79 Å². The highest BCUT2D eigenvalue weighted by Gasteiger charge is 2.44. The highest BCUT2D eigenvalue weighted by atomic mass is 32.1. The minimum absolute atomic E-state index is 0.321. The summed E-state index contributed by atoms with van der Waals surface area (Å²) in [5.41, 5.74) is 1.29. The number of hydrogen-bond acceptors (Lipinski definition) is 4. The van der Waals surface area contributed by atoms with Crippen molar-refractivity contribution in [3.63, 3.8) is 0 Å². The minimum atomic E-state index is -0.942. The highest BCUT2D eigenvalue weighted by molar-refractivity contribution is 7.09. The van der Waals surface area contributed by atoms with E-state index < -0.39 is 17.4 Å². The predicted molar refractivity (Wildman–Crippen MR) is 75.5 cm³/mol. The summed E-state index contributed by atoms with van der Waals surface area (Å²) in [6.45, 7) is 4.66. The molecular weight excluding hydrogens is 278 g/mol. The summed E-state index contributed by atoms with van der Waals surface area (Å²) in [7, 11) is 0. The largest absolute Gasteiger partial charge is 0.480 e. The number of nitrogens with zero attached hydrogens (tertiary/aromatic N) is 2. The van der Waals surface area contributed by atoms with Gasteiger partial charge >= 0.3 is 12.0 Å². The quantitative estimate of drug-likeness (QED) is 0.893. The molecule has 0 saturated carbocycles. The third kappa shape index (κ3) is 3.09. The van der Waals surface area contributed by atoms with Gasteiger partial charge in [0, 0.05) is 17.6 Å². The van der Waals surface area contributed by atoms with E-state index in [4.69, 9.17) is 0 Å². The third-order valence-corrected chi connectivity index (χ3v) is 4.44. The number of nitrogens with one attached hydrogen (secondary N) is 1. The van der Waals surface area contributed by atoms with Crippen LogP contribution in [0.25, 0.3) is 0 Å². The van der Waals surface area contributed by atoms with Gasteiger partial charge in [0.15, 0.2) is 0 Å². The van der Waals surface area contributed by atoms with Crippen LogP contribution in [-0.4, -0.2) is 39.6 Å². The smallest absolute Gasteiger partial charge is 0.327 e. The Morgan fingerprint density at radius 1 is 1.60 bits per heavy atom. The number of carbonyl (C=O) groups is 2. The van der Waals surface area contributed by atoms with Gasteiger partial charge in [-0.2, -0.15) is 0 Å². The number of aromatic nitrogens is 1. The van der Waals surface area contributed by atoms with E-state index in [9.17, 15) is 14.7 Å². The van der Waals surface area contributed by atoms with Gasteiger partial charge in [-0.15, -0.1) is 11.3 Å². The van der Waals surface area contributed by atoms with Gasteiger partial charge in [-0.1, -0.05) is 13.8 Å². The number of amides is 2. The molecule has 0 bridgehead atoms. The second kappa shape index (κ2) is 5.78. The summed E-state index contributed by atoms with van der Waals surface area (Å²) in [5.74, 6) is -0.942. The lowest BCUT2D eigenvalue weighted by Crippen LogP contribution is -2.58. The van der Waals surface area contributed by atoms with Crippen molar-refractivity contribution in [2.24, 2.45) is 5.41 Å². The number of urea groups is 1. The third-order valence-electron chi connectivity index (χ3n) is 3.66. The second-order valence-corrected chi connectivity index (χ2v) is 6.62. The molecule has 1 fully saturated rings. The second-order valence-electron chi connectivity index (χ2n) is 5.65. The Morgan fingerprint density at radius 2 is 2.35 bits per heavy atom. The summed E-state index contributed by atoms with van der Waals surface area (Å²) in [4.78, 5) is 30.0. The Hall–Kier alpha value is -1.63. The molecule has 2 amide bonds. The zero-order valence-electron chi connectivity index (χ0n) is 11.6. The van der Waals surface area contributed by atoms with Gasteiger partial charge in [-0.3, -0.25) is 4.98 Å². The van der Waals surface area contributed by atoms with Gasteiger partial charge in [0.25, 0.3) is 0 Å². The van der Waals surface area contributed by atoms with Crippen molar-refractivity contribution >= 4 is 23.3 Å². The molecule has 2 heterocycles. The summed E-state index contributed by atoms with van der Waals surface area (Å²) >= 11 is 1.46. The first-order chi connectivity index (χ1) is 9.42. The van der Waals surface area contributed by atoms with Crippen LogP contribution in [0, 0.1) is 5.41 Å². The zero-order valence-corrected chi connectivity index (χ0v) is 12.4. The number of carbonyl (C=O) groups excluding carboxylic acids is 1. The molecule has 20 heavy (non-hydrogen) atoms. The van der Waals surface area contributed by atoms with Crippen LogP contribution in [0.1, 0.15) is 31.6 Å². The molecule has 0 aromatic carbocycles. The molecule has 1 unspecified atom stereocenters. The van der Waals surface area contributed by atoms with Crippen LogP contribution in [0.2, 0.25) is 0 Å². The minimum Gasteiger partial charge on any atom is -0.480 e. The van der Waals surface area contributed by atoms with Crippen molar-refractivity contribution in [3.8, 4) is 0 Å². The number of thiazole rings is 1.